The van der Waals surface area contributed by atoms with E-state index >= 15 is 0 Å². The van der Waals surface area contributed by atoms with E-state index in [0.717, 1.165) is 55.6 Å². The first kappa shape index (κ1) is 39.2. The van der Waals surface area contributed by atoms with Gasteiger partial charge < -0.3 is 29.9 Å². The monoisotopic (exact) mass is 845 g/mol. The minimum atomic E-state index is -3.44. The molecular formula is C44H34CuN10O3S. The summed E-state index contributed by atoms with van der Waals surface area (Å²) in [4.78, 5) is 52.8. The van der Waals surface area contributed by atoms with E-state index in [1.807, 2.05) is 114 Å². The van der Waals surface area contributed by atoms with Crippen molar-refractivity contribution in [3.63, 3.8) is 0 Å². The van der Waals surface area contributed by atoms with Crippen LogP contribution in [0.1, 0.15) is 36.7 Å². The van der Waals surface area contributed by atoms with Crippen molar-refractivity contribution >= 4 is 60.1 Å². The van der Waals surface area contributed by atoms with Crippen molar-refractivity contribution in [2.24, 2.45) is 0 Å². The van der Waals surface area contributed by atoms with Gasteiger partial charge in [0, 0.05) is 50.4 Å². The van der Waals surface area contributed by atoms with E-state index in [1.165, 1.54) is 0 Å². The molecule has 1 amide bonds. The fraction of sp³-hybridized carbons (Fsp3) is 0.114. The van der Waals surface area contributed by atoms with E-state index in [9.17, 15) is 13.2 Å². The van der Waals surface area contributed by atoms with E-state index in [-0.39, 0.29) is 22.5 Å². The molecule has 13 nitrogen and oxygen atoms in total. The summed E-state index contributed by atoms with van der Waals surface area (Å²) in [5.74, 6) is 1.72. The van der Waals surface area contributed by atoms with Crippen LogP contribution in [0.3, 0.4) is 0 Å². The fourth-order valence-corrected chi connectivity index (χ4v) is 7.07. The Hall–Kier alpha value is -6.64. The quantitative estimate of drug-likeness (QED) is 0.135. The Morgan fingerprint density at radius 1 is 0.508 bits per heavy atom. The Labute approximate surface area is 349 Å². The van der Waals surface area contributed by atoms with Crippen molar-refractivity contribution in [3.8, 4) is 45.6 Å². The molecule has 2 aliphatic heterocycles. The smallest absolute Gasteiger partial charge is 0.357 e. The van der Waals surface area contributed by atoms with E-state index in [0.29, 0.717) is 51.4 Å². The second-order valence-corrected chi connectivity index (χ2v) is 16.6. The van der Waals surface area contributed by atoms with Crippen molar-refractivity contribution in [2.75, 3.05) is 6.26 Å². The summed E-state index contributed by atoms with van der Waals surface area (Å²) in [6.45, 7) is 6.23. The molecule has 0 aliphatic carbocycles. The van der Waals surface area contributed by atoms with Crippen molar-refractivity contribution in [2.45, 2.75) is 26.2 Å². The number of sulfonamides is 1. The largest absolute Gasteiger partial charge is 2.00 e. The number of fused-ring (bicyclic) bond motifs is 20. The number of aromatic nitrogens is 8. The molecular weight excluding hydrogens is 812 g/mol. The Morgan fingerprint density at radius 2 is 0.831 bits per heavy atom. The van der Waals surface area contributed by atoms with Gasteiger partial charge >= 0.3 is 17.1 Å². The van der Waals surface area contributed by atoms with Crippen LogP contribution < -0.4 is 20.2 Å². The van der Waals surface area contributed by atoms with Gasteiger partial charge in [0.05, 0.1) is 29.6 Å². The van der Waals surface area contributed by atoms with Crippen molar-refractivity contribution in [1.29, 1.82) is 0 Å². The third kappa shape index (κ3) is 7.71. The van der Waals surface area contributed by atoms with Crippen molar-refractivity contribution in [1.82, 2.24) is 50.1 Å². The van der Waals surface area contributed by atoms with Crippen LogP contribution >= 0.6 is 0 Å². The van der Waals surface area contributed by atoms with Gasteiger partial charge in [0.2, 0.25) is 10.0 Å². The summed E-state index contributed by atoms with van der Waals surface area (Å²) in [6, 6.07) is 38.9. The van der Waals surface area contributed by atoms with Gasteiger partial charge in [-0.1, -0.05) is 130 Å². The molecule has 0 fully saturated rings. The molecule has 0 saturated carbocycles. The summed E-state index contributed by atoms with van der Waals surface area (Å²) in [7, 11) is -3.44. The zero-order valence-electron chi connectivity index (χ0n) is 32.1. The van der Waals surface area contributed by atoms with Gasteiger partial charge in [0.1, 0.15) is 0 Å². The maximum atomic E-state index is 11.6. The third-order valence-corrected chi connectivity index (χ3v) is 10.2. The molecule has 0 unspecified atom stereocenters. The third-order valence-electron chi connectivity index (χ3n) is 9.69. The number of hydrogen-bond acceptors (Lipinski definition) is 9. The number of hydrogen-bond donors (Lipinski definition) is 2. The summed E-state index contributed by atoms with van der Waals surface area (Å²) in [6.07, 6.45) is 0.968. The summed E-state index contributed by atoms with van der Waals surface area (Å²) in [5, 5.41) is 3.57. The van der Waals surface area contributed by atoms with Gasteiger partial charge in [-0.2, -0.15) is 0 Å². The Bertz CT molecular complexity index is 2910. The van der Waals surface area contributed by atoms with Crippen LogP contribution in [0.4, 0.5) is 0 Å². The van der Waals surface area contributed by atoms with Crippen LogP contribution in [0.25, 0.3) is 89.7 Å². The molecule has 2 N–H and O–H groups in total. The molecule has 5 heterocycles. The Balaban J connectivity index is 0.000000217. The van der Waals surface area contributed by atoms with E-state index in [1.54, 1.807) is 12.1 Å². The number of amides is 1. The van der Waals surface area contributed by atoms with Crippen molar-refractivity contribution in [3.05, 3.63) is 132 Å². The van der Waals surface area contributed by atoms with Gasteiger partial charge in [0.15, 0.2) is 0 Å². The number of nitrogens with zero attached hydrogens (tertiary/aromatic N) is 8. The first-order valence-electron chi connectivity index (χ1n) is 18.4. The first-order chi connectivity index (χ1) is 27.9. The molecule has 8 aromatic rings. The zero-order valence-corrected chi connectivity index (χ0v) is 33.8. The SMILES string of the molecule is CC(C)(C)c1ccc(C(=O)NNS(C)(=O)=O)cc1.[Cu+2].c1ccc2c(c1)-c1nc-2nc2[n-]c(nc3nc(nc4[n-]c(n1)c1ccccc41)-c1ccccc1-3)c1ccccc21. The molecule has 0 atom stereocenters. The minimum Gasteiger partial charge on any atom is -0.357 e. The topological polar surface area (TPSA) is 181 Å². The van der Waals surface area contributed by atoms with Crippen LogP contribution in [0.5, 0.6) is 0 Å². The molecule has 2 aliphatic rings. The van der Waals surface area contributed by atoms with Gasteiger partial charge in [-0.3, -0.25) is 10.2 Å². The molecule has 0 saturated heterocycles. The number of rotatable bonds is 3. The van der Waals surface area contributed by atoms with Crippen LogP contribution in [-0.4, -0.2) is 50.5 Å². The second kappa shape index (κ2) is 15.3. The van der Waals surface area contributed by atoms with Gasteiger partial charge in [0.25, 0.3) is 5.91 Å². The standard InChI is InChI=1S/C32H16N8.C12H18N2O3S.Cu/c1-2-10-18-17(9-1)25-33-26(18)38-28-21-13-5-6-14-22(21)30(35-28)40-32-24-16-8-7-15-23(24)31(36-32)39-29-20-12-4-3-11-19(20)27(34-29)37-25;1-12(2,3)10-7-5-9(6-8-10)11(15)13-14-18(4,16)17;/h1-16H;5-8,14H,1-4H3,(H,13,15);/q-2;;+2. The van der Waals surface area contributed by atoms with Gasteiger partial charge in [-0.15, -0.1) is 4.83 Å². The maximum Gasteiger partial charge on any atom is 2.00 e. The summed E-state index contributed by atoms with van der Waals surface area (Å²) >= 11 is 0. The number of carbonyl (C=O) groups is 1. The number of carbonyl (C=O) groups excluding carboxylic acids is 1. The fourth-order valence-electron chi connectivity index (χ4n) is 6.79. The number of benzene rings is 5. The molecule has 10 rings (SSSR count). The molecule has 3 aromatic heterocycles. The molecule has 0 spiro atoms. The maximum absolute atomic E-state index is 11.6. The average molecular weight is 846 g/mol. The molecule has 8 bridgehead atoms. The summed E-state index contributed by atoms with van der Waals surface area (Å²) < 4.78 is 21.7. The van der Waals surface area contributed by atoms with E-state index in [2.05, 4.69) is 26.2 Å². The normalized spacial score (nSPS) is 11.9. The zero-order chi connectivity index (χ0) is 40.2. The van der Waals surface area contributed by atoms with Crippen LogP contribution in [-0.2, 0) is 32.5 Å². The van der Waals surface area contributed by atoms with Crippen LogP contribution in [0.15, 0.2) is 121 Å². The summed E-state index contributed by atoms with van der Waals surface area (Å²) in [5.41, 5.74) is 9.42. The average Bonchev–Trinajstić information content (AvgIpc) is 3.95. The van der Waals surface area contributed by atoms with Crippen molar-refractivity contribution < 1.29 is 30.3 Å². The second-order valence-electron chi connectivity index (χ2n) is 14.8. The van der Waals surface area contributed by atoms with Gasteiger partial charge in [-0.05, 0) is 44.7 Å². The molecule has 5 aromatic carbocycles. The molecule has 15 heteroatoms. The molecule has 59 heavy (non-hydrogen) atoms. The predicted molar refractivity (Wildman–Crippen MR) is 225 cm³/mol. The first-order valence-corrected chi connectivity index (χ1v) is 20.2. The molecule has 295 valence electrons. The van der Waals surface area contributed by atoms with Crippen LogP contribution in [0.2, 0.25) is 0 Å². The predicted octanol–water partition coefficient (Wildman–Crippen LogP) is 7.30. The van der Waals surface area contributed by atoms with E-state index < -0.39 is 15.9 Å². The number of nitrogens with one attached hydrogen (secondary N) is 2. The van der Waals surface area contributed by atoms with Gasteiger partial charge in [-0.25, -0.2) is 18.4 Å². The minimum absolute atomic E-state index is 0. The van der Waals surface area contributed by atoms with E-state index in [4.69, 9.17) is 39.9 Å². The molecule has 1 radical (unpaired) electrons. The Morgan fingerprint density at radius 3 is 1.14 bits per heavy atom. The number of hydrazine groups is 1. The Kier molecular flexibility index (Phi) is 10.1. The van der Waals surface area contributed by atoms with Crippen LogP contribution in [0, 0.1) is 0 Å².